The van der Waals surface area contributed by atoms with Crippen molar-refractivity contribution in [2.75, 3.05) is 4.90 Å². The van der Waals surface area contributed by atoms with E-state index in [-0.39, 0.29) is 17.6 Å². The van der Waals surface area contributed by atoms with Crippen molar-refractivity contribution in [1.29, 1.82) is 0 Å². The minimum atomic E-state index is -1.27. The second-order valence-corrected chi connectivity index (χ2v) is 9.88. The number of hydrogen-bond donors (Lipinski definition) is 1. The Labute approximate surface area is 211 Å². The van der Waals surface area contributed by atoms with Crippen molar-refractivity contribution in [3.8, 4) is 5.75 Å². The van der Waals surface area contributed by atoms with Crippen molar-refractivity contribution in [2.24, 2.45) is 5.92 Å². The molecule has 1 heterocycles. The molecule has 34 heavy (non-hydrogen) atoms. The van der Waals surface area contributed by atoms with Crippen molar-refractivity contribution in [2.45, 2.75) is 17.8 Å². The molecule has 1 N–H and O–H groups in total. The summed E-state index contributed by atoms with van der Waals surface area (Å²) in [5, 5.41) is 11.4. The molecule has 5 rings (SSSR count). The fraction of sp³-hybridized carbons (Fsp3) is 0.143. The summed E-state index contributed by atoms with van der Waals surface area (Å²) in [5.41, 5.74) is 1.24. The molecular weight excluding hydrogens is 514 g/mol. The molecule has 0 unspecified atom stereocenters. The zero-order chi connectivity index (χ0) is 24.0. The number of hydrogen-bond acceptors (Lipinski definition) is 3. The van der Waals surface area contributed by atoms with Gasteiger partial charge < -0.3 is 5.11 Å². The molecule has 1 saturated heterocycles. The van der Waals surface area contributed by atoms with Gasteiger partial charge in [-0.05, 0) is 54.0 Å². The number of amides is 2. The van der Waals surface area contributed by atoms with E-state index in [1.54, 1.807) is 42.5 Å². The Morgan fingerprint density at radius 1 is 1.06 bits per heavy atom. The lowest BCUT2D eigenvalue weighted by Crippen LogP contribution is -2.48. The monoisotopic (exact) mass is 533 g/mol. The predicted molar refractivity (Wildman–Crippen MR) is 137 cm³/mol. The molecule has 1 aliphatic carbocycles. The van der Waals surface area contributed by atoms with Crippen LogP contribution in [0.5, 0.6) is 5.75 Å². The van der Waals surface area contributed by atoms with Gasteiger partial charge in [0.05, 0.1) is 17.0 Å². The predicted octanol–water partition coefficient (Wildman–Crippen LogP) is 6.54. The Hall–Kier alpha value is -3.15. The van der Waals surface area contributed by atoms with E-state index in [4.69, 9.17) is 11.6 Å². The van der Waals surface area contributed by atoms with E-state index in [0.717, 1.165) is 15.6 Å². The molecule has 170 valence electrons. The van der Waals surface area contributed by atoms with Gasteiger partial charge in [-0.3, -0.25) is 9.59 Å². The van der Waals surface area contributed by atoms with Crippen LogP contribution in [0.2, 0.25) is 5.02 Å². The minimum Gasteiger partial charge on any atom is -0.508 e. The minimum absolute atomic E-state index is 0.0540. The van der Waals surface area contributed by atoms with Gasteiger partial charge in [-0.2, -0.15) is 0 Å². The lowest BCUT2D eigenvalue weighted by atomic mass is 9.56. The van der Waals surface area contributed by atoms with E-state index in [1.165, 1.54) is 4.90 Å². The molecule has 0 spiro atoms. The second-order valence-electron chi connectivity index (χ2n) is 8.53. The van der Waals surface area contributed by atoms with Crippen LogP contribution in [0.1, 0.15) is 23.5 Å². The van der Waals surface area contributed by atoms with Gasteiger partial charge in [-0.1, -0.05) is 82.7 Å². The van der Waals surface area contributed by atoms with E-state index < -0.39 is 17.3 Å². The molecule has 1 aliphatic heterocycles. The van der Waals surface area contributed by atoms with Gasteiger partial charge in [0, 0.05) is 21.0 Å². The number of anilines is 1. The maximum absolute atomic E-state index is 14.5. The number of phenolic OH excluding ortho intramolecular Hbond substituents is 1. The number of allylic oxidation sites excluding steroid dienone is 3. The maximum atomic E-state index is 14.5. The molecule has 2 aliphatic rings. The van der Waals surface area contributed by atoms with Crippen molar-refractivity contribution < 1.29 is 14.7 Å². The van der Waals surface area contributed by atoms with Crippen LogP contribution in [0.4, 0.5) is 5.69 Å². The van der Waals surface area contributed by atoms with Gasteiger partial charge in [0.15, 0.2) is 0 Å². The number of aromatic hydroxyl groups is 1. The highest BCUT2D eigenvalue weighted by molar-refractivity contribution is 9.10. The van der Waals surface area contributed by atoms with Gasteiger partial charge >= 0.3 is 0 Å². The first-order valence-electron chi connectivity index (χ1n) is 10.9. The number of nitrogens with zero attached hydrogens (tertiary/aromatic N) is 1. The number of benzene rings is 3. The van der Waals surface area contributed by atoms with Gasteiger partial charge in [0.1, 0.15) is 5.75 Å². The summed E-state index contributed by atoms with van der Waals surface area (Å²) in [6, 6.07) is 21.3. The topological polar surface area (TPSA) is 57.6 Å². The Balaban J connectivity index is 1.84. The summed E-state index contributed by atoms with van der Waals surface area (Å²) in [4.78, 5) is 29.7. The second kappa shape index (κ2) is 8.57. The fourth-order valence-corrected chi connectivity index (χ4v) is 6.04. The van der Waals surface area contributed by atoms with Gasteiger partial charge in [-0.25, -0.2) is 4.90 Å². The van der Waals surface area contributed by atoms with E-state index in [0.29, 0.717) is 22.7 Å². The number of halogens is 2. The first kappa shape index (κ1) is 22.6. The van der Waals surface area contributed by atoms with Crippen molar-refractivity contribution in [1.82, 2.24) is 0 Å². The summed E-state index contributed by atoms with van der Waals surface area (Å²) in [7, 11) is 0. The van der Waals surface area contributed by atoms with Crippen LogP contribution >= 0.6 is 27.5 Å². The summed E-state index contributed by atoms with van der Waals surface area (Å²) in [5.74, 6) is -1.85. The zero-order valence-electron chi connectivity index (χ0n) is 18.1. The third kappa shape index (κ3) is 3.26. The highest BCUT2D eigenvalue weighted by Gasteiger charge is 2.66. The lowest BCUT2D eigenvalue weighted by molar-refractivity contribution is -0.123. The average molecular weight is 535 g/mol. The van der Waals surface area contributed by atoms with Crippen LogP contribution in [-0.2, 0) is 15.0 Å². The average Bonchev–Trinajstić information content (AvgIpc) is 3.07. The normalized spacial score (nSPS) is 24.1. The van der Waals surface area contributed by atoms with Crippen molar-refractivity contribution in [3.63, 3.8) is 0 Å². The number of carbonyl (C=O) groups is 2. The summed E-state index contributed by atoms with van der Waals surface area (Å²) in [6.45, 7) is 4.00. The number of fused-ring (bicyclic) bond motifs is 1. The third-order valence-corrected chi connectivity index (χ3v) is 7.59. The van der Waals surface area contributed by atoms with Gasteiger partial charge in [-0.15, -0.1) is 0 Å². The van der Waals surface area contributed by atoms with E-state index in [1.807, 2.05) is 42.5 Å². The Kier molecular flexibility index (Phi) is 5.70. The highest BCUT2D eigenvalue weighted by atomic mass is 79.9. The summed E-state index contributed by atoms with van der Waals surface area (Å²) in [6.07, 6.45) is 4.05. The van der Waals surface area contributed by atoms with Crippen molar-refractivity contribution >= 4 is 45.0 Å². The van der Waals surface area contributed by atoms with E-state index in [2.05, 4.69) is 22.5 Å². The molecule has 4 nitrogen and oxygen atoms in total. The standard InChI is InChI=1S/C28H21BrClNO3/c1-2-17-11-13-23-26(33)31(21-10-6-9-20(30)16-21)27(34)28(23,18-7-4-3-5-8-18)25(17)22-15-19(29)12-14-24(22)32/h2-12,14-16,23,25,32H,1,13H2/t23-,25+,28+/m0/s1. The number of phenols is 1. The Morgan fingerprint density at radius 2 is 1.82 bits per heavy atom. The van der Waals surface area contributed by atoms with Crippen LogP contribution in [-0.4, -0.2) is 16.9 Å². The SMILES string of the molecule is C=CC1=CC[C@H]2C(=O)N(c3cccc(Cl)c3)C(=O)[C@@]2(c2ccccc2)[C@H]1c1cc(Br)ccc1O. The Morgan fingerprint density at radius 3 is 2.53 bits per heavy atom. The maximum Gasteiger partial charge on any atom is 0.246 e. The van der Waals surface area contributed by atoms with Gasteiger partial charge in [0.2, 0.25) is 11.8 Å². The molecule has 0 radical (unpaired) electrons. The third-order valence-electron chi connectivity index (χ3n) is 6.86. The molecule has 3 atom stereocenters. The fourth-order valence-electron chi connectivity index (χ4n) is 5.48. The van der Waals surface area contributed by atoms with Crippen LogP contribution in [0, 0.1) is 5.92 Å². The van der Waals surface area contributed by atoms with Crippen LogP contribution in [0.15, 0.2) is 102 Å². The van der Waals surface area contributed by atoms with Crippen LogP contribution in [0.3, 0.4) is 0 Å². The highest BCUT2D eigenvalue weighted by Crippen LogP contribution is 2.59. The number of imide groups is 1. The van der Waals surface area contributed by atoms with Crippen molar-refractivity contribution in [3.05, 3.63) is 118 Å². The molecule has 6 heteroatoms. The van der Waals surface area contributed by atoms with Gasteiger partial charge in [0.25, 0.3) is 0 Å². The summed E-state index contributed by atoms with van der Waals surface area (Å²) >= 11 is 9.72. The Bertz CT molecular complexity index is 1350. The zero-order valence-corrected chi connectivity index (χ0v) is 20.5. The summed E-state index contributed by atoms with van der Waals surface area (Å²) < 4.78 is 0.762. The number of carbonyl (C=O) groups excluding carboxylic acids is 2. The van der Waals surface area contributed by atoms with Crippen LogP contribution < -0.4 is 4.90 Å². The van der Waals surface area contributed by atoms with Crippen LogP contribution in [0.25, 0.3) is 0 Å². The molecule has 1 fully saturated rings. The lowest BCUT2D eigenvalue weighted by Gasteiger charge is -2.43. The first-order chi connectivity index (χ1) is 16.4. The molecule has 0 saturated carbocycles. The smallest absolute Gasteiger partial charge is 0.246 e. The molecule has 3 aromatic rings. The van der Waals surface area contributed by atoms with E-state index >= 15 is 0 Å². The molecular formula is C28H21BrClNO3. The quantitative estimate of drug-likeness (QED) is 0.387. The number of rotatable bonds is 4. The first-order valence-corrected chi connectivity index (χ1v) is 12.1. The molecule has 3 aromatic carbocycles. The molecule has 0 aromatic heterocycles. The largest absolute Gasteiger partial charge is 0.508 e. The molecule has 0 bridgehead atoms. The molecule has 2 amide bonds. The van der Waals surface area contributed by atoms with E-state index in [9.17, 15) is 14.7 Å².